The minimum atomic E-state index is 0.461. The van der Waals surface area contributed by atoms with E-state index >= 15 is 0 Å². The normalized spacial score (nSPS) is 11.1. The zero-order chi connectivity index (χ0) is 17.8. The largest absolute Gasteiger partial charge is 0.493 e. The lowest BCUT2D eigenvalue weighted by Crippen LogP contribution is -2.38. The Kier molecular flexibility index (Phi) is 9.45. The summed E-state index contributed by atoms with van der Waals surface area (Å²) < 4.78 is 21.2. The lowest BCUT2D eigenvalue weighted by atomic mass is 10.1. The van der Waals surface area contributed by atoms with Crippen LogP contribution in [0.3, 0.4) is 0 Å². The van der Waals surface area contributed by atoms with Gasteiger partial charge in [-0.1, -0.05) is 0 Å². The Morgan fingerprint density at radius 2 is 1.75 bits per heavy atom. The molecule has 0 aliphatic rings. The summed E-state index contributed by atoms with van der Waals surface area (Å²) in [4.78, 5) is 4.60. The average molecular weight is 339 g/mol. The number of rotatable bonds is 10. The van der Waals surface area contributed by atoms with Gasteiger partial charge in [-0.2, -0.15) is 0 Å². The van der Waals surface area contributed by atoms with Crippen LogP contribution in [0.2, 0.25) is 0 Å². The fraction of sp³-hybridized carbons (Fsp3) is 0.588. The fourth-order valence-electron chi connectivity index (χ4n) is 2.22. The van der Waals surface area contributed by atoms with Gasteiger partial charge in [-0.05, 0) is 25.5 Å². The first-order chi connectivity index (χ1) is 11.7. The third-order valence-corrected chi connectivity index (χ3v) is 3.36. The molecule has 0 aromatic heterocycles. The maximum Gasteiger partial charge on any atom is 0.203 e. The van der Waals surface area contributed by atoms with Gasteiger partial charge >= 0.3 is 0 Å². The van der Waals surface area contributed by atoms with Crippen LogP contribution in [0.15, 0.2) is 17.1 Å². The van der Waals surface area contributed by atoms with Gasteiger partial charge in [0.2, 0.25) is 5.75 Å². The number of hydrogen-bond acceptors (Lipinski definition) is 5. The molecule has 7 heteroatoms. The highest BCUT2D eigenvalue weighted by molar-refractivity contribution is 5.79. The molecule has 0 spiro atoms. The van der Waals surface area contributed by atoms with Crippen molar-refractivity contribution in [2.75, 3.05) is 48.1 Å². The second kappa shape index (κ2) is 11.4. The van der Waals surface area contributed by atoms with Crippen LogP contribution < -0.4 is 24.8 Å². The van der Waals surface area contributed by atoms with Crippen LogP contribution in [0.1, 0.15) is 18.9 Å². The molecule has 1 aromatic rings. The summed E-state index contributed by atoms with van der Waals surface area (Å²) >= 11 is 0. The molecule has 0 aliphatic heterocycles. The van der Waals surface area contributed by atoms with Gasteiger partial charge in [-0.3, -0.25) is 0 Å². The van der Waals surface area contributed by atoms with E-state index in [0.717, 1.165) is 37.6 Å². The summed E-state index contributed by atoms with van der Waals surface area (Å²) in [5.41, 5.74) is 0.921. The van der Waals surface area contributed by atoms with E-state index in [9.17, 15) is 0 Å². The SMILES string of the molecule is CCNC(=NCc1ccc(OC)c(OC)c1OC)NCCCOC. The predicted octanol–water partition coefficient (Wildman–Crippen LogP) is 1.80. The Morgan fingerprint density at radius 1 is 1.00 bits per heavy atom. The first kappa shape index (κ1) is 19.9. The smallest absolute Gasteiger partial charge is 0.203 e. The van der Waals surface area contributed by atoms with E-state index in [1.165, 1.54) is 0 Å². The first-order valence-electron chi connectivity index (χ1n) is 8.00. The number of ether oxygens (including phenoxy) is 4. The molecule has 0 saturated heterocycles. The second-order valence-electron chi connectivity index (χ2n) is 4.96. The summed E-state index contributed by atoms with van der Waals surface area (Å²) in [6.07, 6.45) is 0.917. The Balaban J connectivity index is 2.87. The Hall–Kier alpha value is -2.15. The molecule has 0 amide bonds. The van der Waals surface area contributed by atoms with E-state index in [1.54, 1.807) is 28.4 Å². The van der Waals surface area contributed by atoms with Crippen molar-refractivity contribution >= 4 is 5.96 Å². The summed E-state index contributed by atoms with van der Waals surface area (Å²) in [5, 5.41) is 6.50. The topological polar surface area (TPSA) is 73.3 Å². The molecule has 0 radical (unpaired) electrons. The molecule has 24 heavy (non-hydrogen) atoms. The Morgan fingerprint density at radius 3 is 2.33 bits per heavy atom. The van der Waals surface area contributed by atoms with E-state index < -0.39 is 0 Å². The monoisotopic (exact) mass is 339 g/mol. The third kappa shape index (κ3) is 5.81. The number of hydrogen-bond donors (Lipinski definition) is 2. The standard InChI is InChI=1S/C17H29N3O4/c1-6-18-17(19-10-7-11-21-2)20-12-13-8-9-14(22-3)16(24-5)15(13)23-4/h8-9H,6-7,10-12H2,1-5H3,(H2,18,19,20). The minimum Gasteiger partial charge on any atom is -0.493 e. The molecular weight excluding hydrogens is 310 g/mol. The van der Waals surface area contributed by atoms with Crippen LogP contribution in [0, 0.1) is 0 Å². The maximum atomic E-state index is 5.48. The summed E-state index contributed by atoms with van der Waals surface area (Å²) in [6, 6.07) is 3.78. The van der Waals surface area contributed by atoms with Gasteiger partial charge in [0.15, 0.2) is 17.5 Å². The van der Waals surface area contributed by atoms with Crippen molar-refractivity contribution in [3.8, 4) is 17.2 Å². The zero-order valence-electron chi connectivity index (χ0n) is 15.3. The van der Waals surface area contributed by atoms with Crippen molar-refractivity contribution in [2.24, 2.45) is 4.99 Å². The number of guanidine groups is 1. The molecule has 1 rings (SSSR count). The van der Waals surface area contributed by atoms with E-state index in [1.807, 2.05) is 19.1 Å². The van der Waals surface area contributed by atoms with Crippen LogP contribution in [0.25, 0.3) is 0 Å². The molecule has 0 bridgehead atoms. The van der Waals surface area contributed by atoms with Crippen LogP contribution in [-0.4, -0.2) is 54.1 Å². The third-order valence-electron chi connectivity index (χ3n) is 3.36. The Bertz CT molecular complexity index is 521. The number of benzene rings is 1. The van der Waals surface area contributed by atoms with Gasteiger partial charge in [-0.25, -0.2) is 4.99 Å². The highest BCUT2D eigenvalue weighted by Crippen LogP contribution is 2.39. The molecule has 0 atom stereocenters. The molecule has 0 aliphatic carbocycles. The van der Waals surface area contributed by atoms with Gasteiger partial charge in [-0.15, -0.1) is 0 Å². The zero-order valence-corrected chi connectivity index (χ0v) is 15.3. The highest BCUT2D eigenvalue weighted by Gasteiger charge is 2.15. The summed E-state index contributed by atoms with van der Waals surface area (Å²) in [6.45, 7) is 4.80. The molecule has 0 heterocycles. The summed E-state index contributed by atoms with van der Waals surface area (Å²) in [7, 11) is 6.50. The molecule has 7 nitrogen and oxygen atoms in total. The van der Waals surface area contributed by atoms with Gasteiger partial charge in [0.25, 0.3) is 0 Å². The van der Waals surface area contributed by atoms with Crippen LogP contribution in [-0.2, 0) is 11.3 Å². The number of nitrogens with one attached hydrogen (secondary N) is 2. The maximum absolute atomic E-state index is 5.48. The van der Waals surface area contributed by atoms with Crippen molar-refractivity contribution in [2.45, 2.75) is 19.9 Å². The molecule has 0 saturated carbocycles. The van der Waals surface area contributed by atoms with Gasteiger partial charge in [0, 0.05) is 32.4 Å². The lowest BCUT2D eigenvalue weighted by Gasteiger charge is -2.15. The fourth-order valence-corrected chi connectivity index (χ4v) is 2.22. The van der Waals surface area contributed by atoms with Gasteiger partial charge in [0.05, 0.1) is 27.9 Å². The second-order valence-corrected chi connectivity index (χ2v) is 4.96. The van der Waals surface area contributed by atoms with Crippen molar-refractivity contribution < 1.29 is 18.9 Å². The first-order valence-corrected chi connectivity index (χ1v) is 8.00. The highest BCUT2D eigenvalue weighted by atomic mass is 16.5. The summed E-state index contributed by atoms with van der Waals surface area (Å²) in [5.74, 6) is 2.60. The van der Waals surface area contributed by atoms with Gasteiger partial charge < -0.3 is 29.6 Å². The van der Waals surface area contributed by atoms with E-state index in [0.29, 0.717) is 23.8 Å². The van der Waals surface area contributed by atoms with E-state index in [2.05, 4.69) is 15.6 Å². The van der Waals surface area contributed by atoms with Crippen LogP contribution >= 0.6 is 0 Å². The minimum absolute atomic E-state index is 0.461. The van der Waals surface area contributed by atoms with E-state index in [-0.39, 0.29) is 0 Å². The molecule has 136 valence electrons. The lowest BCUT2D eigenvalue weighted by molar-refractivity contribution is 0.195. The van der Waals surface area contributed by atoms with Crippen molar-refractivity contribution in [3.63, 3.8) is 0 Å². The van der Waals surface area contributed by atoms with Crippen molar-refractivity contribution in [1.82, 2.24) is 10.6 Å². The van der Waals surface area contributed by atoms with E-state index in [4.69, 9.17) is 18.9 Å². The molecule has 0 fully saturated rings. The number of nitrogens with zero attached hydrogens (tertiary/aromatic N) is 1. The molecular formula is C17H29N3O4. The number of aliphatic imine (C=N–C) groups is 1. The van der Waals surface area contributed by atoms with Crippen LogP contribution in [0.5, 0.6) is 17.2 Å². The molecule has 1 aromatic carbocycles. The molecule has 2 N–H and O–H groups in total. The Labute approximate surface area is 144 Å². The van der Waals surface area contributed by atoms with Crippen molar-refractivity contribution in [1.29, 1.82) is 0 Å². The quantitative estimate of drug-likeness (QED) is 0.385. The molecule has 0 unspecified atom stereocenters. The average Bonchev–Trinajstić information content (AvgIpc) is 2.61. The van der Waals surface area contributed by atoms with Crippen LogP contribution in [0.4, 0.5) is 0 Å². The number of methoxy groups -OCH3 is 4. The predicted molar refractivity (Wildman–Crippen MR) is 95.4 cm³/mol. The van der Waals surface area contributed by atoms with Crippen molar-refractivity contribution in [3.05, 3.63) is 17.7 Å². The van der Waals surface area contributed by atoms with Gasteiger partial charge in [0.1, 0.15) is 0 Å².